The van der Waals surface area contributed by atoms with Gasteiger partial charge in [-0.15, -0.1) is 0 Å². The van der Waals surface area contributed by atoms with E-state index in [0.717, 1.165) is 0 Å². The van der Waals surface area contributed by atoms with Gasteiger partial charge in [-0.05, 0) is 19.2 Å². The Morgan fingerprint density at radius 3 is 3.18 bits per heavy atom. The Labute approximate surface area is 65.7 Å². The average molecular weight is 153 g/mol. The van der Waals surface area contributed by atoms with Gasteiger partial charge in [0.25, 0.3) is 0 Å². The van der Waals surface area contributed by atoms with Crippen LogP contribution in [0.1, 0.15) is 6.92 Å². The minimum absolute atomic E-state index is 0.245. The molecule has 0 amide bonds. The molecule has 1 aliphatic rings. The van der Waals surface area contributed by atoms with E-state index in [4.69, 9.17) is 4.74 Å². The molecule has 0 atom stereocenters. The summed E-state index contributed by atoms with van der Waals surface area (Å²) >= 11 is 0. The van der Waals surface area contributed by atoms with E-state index >= 15 is 0 Å². The number of ether oxygens (including phenoxy) is 1. The summed E-state index contributed by atoms with van der Waals surface area (Å²) in [5.41, 5.74) is 0.630. The van der Waals surface area contributed by atoms with Crippen molar-refractivity contribution in [3.63, 3.8) is 0 Å². The largest absolute Gasteiger partial charge is 0.462 e. The van der Waals surface area contributed by atoms with Crippen LogP contribution in [0.2, 0.25) is 0 Å². The van der Waals surface area contributed by atoms with E-state index in [2.05, 4.69) is 5.32 Å². The highest BCUT2D eigenvalue weighted by molar-refractivity contribution is 5.91. The van der Waals surface area contributed by atoms with Gasteiger partial charge in [-0.3, -0.25) is 0 Å². The number of carbonyl (C=O) groups is 1. The zero-order valence-corrected chi connectivity index (χ0v) is 6.46. The van der Waals surface area contributed by atoms with E-state index in [1.54, 1.807) is 25.3 Å². The van der Waals surface area contributed by atoms with Gasteiger partial charge in [0.15, 0.2) is 0 Å². The number of carbonyl (C=O) groups excluding carboxylic acids is 1. The first-order valence-corrected chi connectivity index (χ1v) is 3.62. The molecular formula is C8H11NO2. The van der Waals surface area contributed by atoms with Gasteiger partial charge in [0, 0.05) is 6.54 Å². The van der Waals surface area contributed by atoms with Crippen LogP contribution in [-0.4, -0.2) is 19.1 Å². The third kappa shape index (κ3) is 2.11. The van der Waals surface area contributed by atoms with Gasteiger partial charge in [0.2, 0.25) is 0 Å². The summed E-state index contributed by atoms with van der Waals surface area (Å²) < 4.78 is 4.80. The van der Waals surface area contributed by atoms with Crippen molar-refractivity contribution in [2.24, 2.45) is 0 Å². The molecule has 3 heteroatoms. The molecule has 0 aromatic carbocycles. The SMILES string of the molecule is CCOC(=O)C1=CCNC=C1. The maximum absolute atomic E-state index is 11.0. The average Bonchev–Trinajstić information content (AvgIpc) is 2.07. The number of rotatable bonds is 2. The Bertz CT molecular complexity index is 206. The van der Waals surface area contributed by atoms with Gasteiger partial charge >= 0.3 is 5.97 Å². The van der Waals surface area contributed by atoms with Crippen LogP contribution >= 0.6 is 0 Å². The summed E-state index contributed by atoms with van der Waals surface area (Å²) in [7, 11) is 0. The second-order valence-corrected chi connectivity index (χ2v) is 2.12. The van der Waals surface area contributed by atoms with Crippen molar-refractivity contribution < 1.29 is 9.53 Å². The van der Waals surface area contributed by atoms with E-state index < -0.39 is 0 Å². The van der Waals surface area contributed by atoms with Crippen LogP contribution < -0.4 is 5.32 Å². The number of nitrogens with one attached hydrogen (secondary N) is 1. The summed E-state index contributed by atoms with van der Waals surface area (Å²) in [6, 6.07) is 0. The van der Waals surface area contributed by atoms with Crippen LogP contribution in [0.3, 0.4) is 0 Å². The Morgan fingerprint density at radius 1 is 1.82 bits per heavy atom. The molecule has 0 aromatic rings. The lowest BCUT2D eigenvalue weighted by Gasteiger charge is -2.06. The molecular weight excluding hydrogens is 142 g/mol. The lowest BCUT2D eigenvalue weighted by molar-refractivity contribution is -0.138. The smallest absolute Gasteiger partial charge is 0.337 e. The van der Waals surface area contributed by atoms with Crippen molar-refractivity contribution in [2.45, 2.75) is 6.92 Å². The molecule has 3 nitrogen and oxygen atoms in total. The van der Waals surface area contributed by atoms with Crippen LogP contribution in [0.15, 0.2) is 23.9 Å². The molecule has 0 radical (unpaired) electrons. The lowest BCUT2D eigenvalue weighted by Crippen LogP contribution is -2.14. The van der Waals surface area contributed by atoms with Crippen molar-refractivity contribution in [3.05, 3.63) is 23.9 Å². The van der Waals surface area contributed by atoms with Crippen LogP contribution in [0, 0.1) is 0 Å². The van der Waals surface area contributed by atoms with Crippen LogP contribution in [0.4, 0.5) is 0 Å². The fraction of sp³-hybridized carbons (Fsp3) is 0.375. The monoisotopic (exact) mass is 153 g/mol. The Kier molecular flexibility index (Phi) is 2.72. The molecule has 1 heterocycles. The lowest BCUT2D eigenvalue weighted by atomic mass is 10.2. The number of esters is 1. The molecule has 0 fully saturated rings. The molecule has 0 aromatic heterocycles. The summed E-state index contributed by atoms with van der Waals surface area (Å²) in [4.78, 5) is 11.0. The first-order valence-electron chi connectivity index (χ1n) is 3.62. The van der Waals surface area contributed by atoms with Gasteiger partial charge in [-0.25, -0.2) is 4.79 Å². The minimum atomic E-state index is -0.245. The molecule has 0 spiro atoms. The molecule has 0 unspecified atom stereocenters. The molecule has 0 bridgehead atoms. The predicted octanol–water partition coefficient (Wildman–Crippen LogP) is 0.593. The molecule has 60 valence electrons. The van der Waals surface area contributed by atoms with E-state index in [1.165, 1.54) is 0 Å². The fourth-order valence-corrected chi connectivity index (χ4v) is 0.819. The van der Waals surface area contributed by atoms with Crippen molar-refractivity contribution in [2.75, 3.05) is 13.2 Å². The van der Waals surface area contributed by atoms with Crippen LogP contribution in [0.5, 0.6) is 0 Å². The van der Waals surface area contributed by atoms with E-state index in [9.17, 15) is 4.79 Å². The standard InChI is InChI=1S/C8H11NO2/c1-2-11-8(10)7-3-5-9-6-4-7/h3-5,9H,2,6H2,1H3. The molecule has 0 saturated heterocycles. The van der Waals surface area contributed by atoms with Crippen molar-refractivity contribution in [3.8, 4) is 0 Å². The zero-order valence-electron chi connectivity index (χ0n) is 6.46. The second kappa shape index (κ2) is 3.81. The Hall–Kier alpha value is -1.25. The molecule has 1 rings (SSSR count). The Morgan fingerprint density at radius 2 is 2.64 bits per heavy atom. The summed E-state index contributed by atoms with van der Waals surface area (Å²) in [6.07, 6.45) is 5.26. The molecule has 1 aliphatic heterocycles. The van der Waals surface area contributed by atoms with Gasteiger partial charge in [-0.1, -0.05) is 6.08 Å². The first-order chi connectivity index (χ1) is 5.34. The third-order valence-electron chi connectivity index (χ3n) is 1.33. The number of dihydropyridines is 1. The highest BCUT2D eigenvalue weighted by Gasteiger charge is 2.07. The Balaban J connectivity index is 2.52. The normalized spacial score (nSPS) is 15.2. The summed E-state index contributed by atoms with van der Waals surface area (Å²) in [6.45, 7) is 2.92. The van der Waals surface area contributed by atoms with E-state index in [0.29, 0.717) is 18.7 Å². The molecule has 1 N–H and O–H groups in total. The minimum Gasteiger partial charge on any atom is -0.462 e. The highest BCUT2D eigenvalue weighted by Crippen LogP contribution is 2.02. The molecule has 0 aliphatic carbocycles. The van der Waals surface area contributed by atoms with Crippen LogP contribution in [0.25, 0.3) is 0 Å². The summed E-state index contributed by atoms with van der Waals surface area (Å²) in [5, 5.41) is 2.95. The quantitative estimate of drug-likeness (QED) is 0.590. The van der Waals surface area contributed by atoms with E-state index in [1.807, 2.05) is 0 Å². The van der Waals surface area contributed by atoms with Gasteiger partial charge in [0.05, 0.1) is 12.2 Å². The van der Waals surface area contributed by atoms with E-state index in [-0.39, 0.29) is 5.97 Å². The van der Waals surface area contributed by atoms with Crippen LogP contribution in [-0.2, 0) is 9.53 Å². The second-order valence-electron chi connectivity index (χ2n) is 2.12. The summed E-state index contributed by atoms with van der Waals surface area (Å²) in [5.74, 6) is -0.245. The third-order valence-corrected chi connectivity index (χ3v) is 1.33. The van der Waals surface area contributed by atoms with Gasteiger partial charge in [0.1, 0.15) is 0 Å². The molecule has 0 saturated carbocycles. The van der Waals surface area contributed by atoms with Gasteiger partial charge < -0.3 is 10.1 Å². The maximum atomic E-state index is 11.0. The topological polar surface area (TPSA) is 38.3 Å². The highest BCUT2D eigenvalue weighted by atomic mass is 16.5. The zero-order chi connectivity index (χ0) is 8.10. The first kappa shape index (κ1) is 7.85. The van der Waals surface area contributed by atoms with Crippen molar-refractivity contribution in [1.29, 1.82) is 0 Å². The number of hydrogen-bond donors (Lipinski definition) is 1. The van der Waals surface area contributed by atoms with Gasteiger partial charge in [-0.2, -0.15) is 0 Å². The van der Waals surface area contributed by atoms with Crippen molar-refractivity contribution in [1.82, 2.24) is 5.32 Å². The molecule has 11 heavy (non-hydrogen) atoms. The predicted molar refractivity (Wildman–Crippen MR) is 41.9 cm³/mol. The number of hydrogen-bond acceptors (Lipinski definition) is 3. The van der Waals surface area contributed by atoms with Crippen molar-refractivity contribution >= 4 is 5.97 Å². The fourth-order valence-electron chi connectivity index (χ4n) is 0.819. The maximum Gasteiger partial charge on any atom is 0.337 e.